The van der Waals surface area contributed by atoms with E-state index in [2.05, 4.69) is 0 Å². The number of carbonyl (C=O) groups excluding carboxylic acids is 2. The van der Waals surface area contributed by atoms with Gasteiger partial charge in [0.2, 0.25) is 0 Å². The van der Waals surface area contributed by atoms with Crippen LogP contribution >= 0.6 is 22.7 Å². The van der Waals surface area contributed by atoms with Crippen molar-refractivity contribution in [2.75, 3.05) is 0 Å². The molecule has 0 fully saturated rings. The fraction of sp³-hybridized carbons (Fsp3) is 0. The smallest absolute Gasteiger partial charge is 0.160 e. The molecule has 2 aromatic heterocycles. The van der Waals surface area contributed by atoms with Gasteiger partial charge in [-0.25, -0.2) is 0 Å². The first-order valence-electron chi connectivity index (χ1n) is 9.39. The van der Waals surface area contributed by atoms with Crippen molar-refractivity contribution in [3.8, 4) is 43.9 Å². The van der Waals surface area contributed by atoms with Gasteiger partial charge in [-0.2, -0.15) is 0 Å². The number of carbonyl (C=O) groups is 2. The Morgan fingerprint density at radius 3 is 1.09 bits per heavy atom. The molecule has 0 spiro atoms. The molecule has 158 valence electrons. The molecule has 0 radical (unpaired) electrons. The van der Waals surface area contributed by atoms with Crippen LogP contribution in [-0.4, -0.2) is 33.0 Å². The van der Waals surface area contributed by atoms with Crippen LogP contribution in [0.2, 0.25) is 0 Å². The highest BCUT2D eigenvalue weighted by atomic mass is 32.1. The van der Waals surface area contributed by atoms with E-state index in [1.165, 1.54) is 46.9 Å². The summed E-state index contributed by atoms with van der Waals surface area (Å²) in [5.41, 5.74) is 1.27. The summed E-state index contributed by atoms with van der Waals surface area (Å²) in [4.78, 5) is 25.0. The largest absolute Gasteiger partial charge is 0.504 e. The van der Waals surface area contributed by atoms with E-state index in [0.717, 1.165) is 12.6 Å². The van der Waals surface area contributed by atoms with Crippen molar-refractivity contribution in [2.45, 2.75) is 0 Å². The number of phenolic OH excluding ortho intramolecular Hbond substituents is 4. The van der Waals surface area contributed by atoms with Gasteiger partial charge in [0, 0.05) is 20.9 Å². The van der Waals surface area contributed by atoms with Crippen LogP contribution in [0.25, 0.3) is 42.4 Å². The normalized spacial score (nSPS) is 11.2. The van der Waals surface area contributed by atoms with E-state index in [1.807, 2.05) is 0 Å². The van der Waals surface area contributed by atoms with E-state index in [-0.39, 0.29) is 23.0 Å². The maximum absolute atomic E-state index is 11.3. The van der Waals surface area contributed by atoms with Crippen molar-refractivity contribution in [2.24, 2.45) is 0 Å². The van der Waals surface area contributed by atoms with Gasteiger partial charge in [-0.05, 0) is 70.1 Å². The predicted molar refractivity (Wildman–Crippen MR) is 126 cm³/mol. The number of rotatable bonds is 4. The van der Waals surface area contributed by atoms with Crippen LogP contribution in [-0.2, 0) is 0 Å². The summed E-state index contributed by atoms with van der Waals surface area (Å²) in [5, 5.41) is 43.4. The molecule has 4 N–H and O–H groups in total. The van der Waals surface area contributed by atoms with Crippen LogP contribution in [0.15, 0.2) is 48.5 Å². The molecule has 0 saturated carbocycles. The van der Waals surface area contributed by atoms with Crippen molar-refractivity contribution in [1.82, 2.24) is 0 Å². The minimum atomic E-state index is -0.320. The van der Waals surface area contributed by atoms with Gasteiger partial charge >= 0.3 is 0 Å². The highest BCUT2D eigenvalue weighted by Crippen LogP contribution is 2.50. The molecular weight excluding hydrogens is 448 g/mol. The maximum Gasteiger partial charge on any atom is 0.160 e. The van der Waals surface area contributed by atoms with Crippen LogP contribution in [0.3, 0.4) is 0 Å². The Kier molecular flexibility index (Phi) is 4.61. The first-order chi connectivity index (χ1) is 15.4. The highest BCUT2D eigenvalue weighted by Gasteiger charge is 2.22. The van der Waals surface area contributed by atoms with Crippen molar-refractivity contribution in [3.63, 3.8) is 0 Å². The van der Waals surface area contributed by atoms with Crippen molar-refractivity contribution in [3.05, 3.63) is 58.3 Å². The van der Waals surface area contributed by atoms with Gasteiger partial charge in [0.25, 0.3) is 0 Å². The zero-order valence-corrected chi connectivity index (χ0v) is 17.8. The Morgan fingerprint density at radius 1 is 0.531 bits per heavy atom. The first kappa shape index (κ1) is 20.0. The van der Waals surface area contributed by atoms with Crippen molar-refractivity contribution in [1.29, 1.82) is 0 Å². The summed E-state index contributed by atoms with van der Waals surface area (Å²) in [5.74, 6) is -1.28. The van der Waals surface area contributed by atoms with Gasteiger partial charge in [0.05, 0.1) is 9.75 Å². The van der Waals surface area contributed by atoms with E-state index in [0.29, 0.717) is 52.2 Å². The minimum Gasteiger partial charge on any atom is -0.504 e. The van der Waals surface area contributed by atoms with Gasteiger partial charge in [-0.15, -0.1) is 22.7 Å². The van der Waals surface area contributed by atoms with E-state index in [4.69, 9.17) is 0 Å². The van der Waals surface area contributed by atoms with Crippen LogP contribution in [0.4, 0.5) is 0 Å². The van der Waals surface area contributed by atoms with Gasteiger partial charge in [-0.3, -0.25) is 9.59 Å². The van der Waals surface area contributed by atoms with Gasteiger partial charge in [0.15, 0.2) is 35.6 Å². The number of thiophene rings is 2. The summed E-state index contributed by atoms with van der Waals surface area (Å²) < 4.78 is 0. The second-order valence-electron chi connectivity index (χ2n) is 7.16. The second-order valence-corrected chi connectivity index (χ2v) is 9.39. The number of phenols is 4. The zero-order valence-electron chi connectivity index (χ0n) is 16.2. The number of aldehydes is 2. The SMILES string of the molecule is O=Cc1ccc(-c2c3cc(O)c(O)cc3c(-c3ccc(C=O)s3)c3cc(O)c(O)cc23)s1. The molecule has 3 aromatic carbocycles. The molecule has 0 aliphatic rings. The number of hydrogen-bond donors (Lipinski definition) is 4. The Balaban J connectivity index is 2.04. The lowest BCUT2D eigenvalue weighted by atomic mass is 9.89. The second kappa shape index (κ2) is 7.37. The van der Waals surface area contributed by atoms with Crippen molar-refractivity contribution < 1.29 is 30.0 Å². The molecule has 32 heavy (non-hydrogen) atoms. The molecule has 6 nitrogen and oxygen atoms in total. The monoisotopic (exact) mass is 462 g/mol. The summed E-state index contributed by atoms with van der Waals surface area (Å²) in [7, 11) is 0. The minimum absolute atomic E-state index is 0.320. The molecule has 0 saturated heterocycles. The number of fused-ring (bicyclic) bond motifs is 2. The molecule has 5 rings (SSSR count). The summed E-state index contributed by atoms with van der Waals surface area (Å²) in [6.07, 6.45) is 1.48. The number of aromatic hydroxyl groups is 4. The Hall–Kier alpha value is -3.88. The highest BCUT2D eigenvalue weighted by molar-refractivity contribution is 7.17. The molecule has 0 unspecified atom stereocenters. The lowest BCUT2D eigenvalue weighted by Gasteiger charge is -2.17. The summed E-state index contributed by atoms with van der Waals surface area (Å²) in [6, 6.07) is 12.6. The third kappa shape index (κ3) is 3.00. The van der Waals surface area contributed by atoms with Gasteiger partial charge < -0.3 is 20.4 Å². The molecule has 0 aliphatic carbocycles. The molecule has 8 heteroatoms. The van der Waals surface area contributed by atoms with Crippen LogP contribution in [0, 0.1) is 0 Å². The molecule has 0 amide bonds. The fourth-order valence-electron chi connectivity index (χ4n) is 3.90. The Bertz CT molecular complexity index is 1380. The van der Waals surface area contributed by atoms with Crippen LogP contribution < -0.4 is 0 Å². The van der Waals surface area contributed by atoms with Crippen LogP contribution in [0.5, 0.6) is 23.0 Å². The van der Waals surface area contributed by atoms with E-state index in [9.17, 15) is 30.0 Å². The Labute approximate surface area is 188 Å². The number of hydrogen-bond acceptors (Lipinski definition) is 8. The molecule has 5 aromatic rings. The predicted octanol–water partition coefficient (Wildman–Crippen LogP) is 5.90. The Morgan fingerprint density at radius 2 is 0.844 bits per heavy atom. The first-order valence-corrected chi connectivity index (χ1v) is 11.0. The van der Waals surface area contributed by atoms with E-state index < -0.39 is 0 Å². The van der Waals surface area contributed by atoms with Crippen molar-refractivity contribution >= 4 is 56.8 Å². The molecule has 0 aliphatic heterocycles. The summed E-state index contributed by atoms with van der Waals surface area (Å²) in [6.45, 7) is 0. The number of benzene rings is 3. The standard InChI is InChI=1S/C24H14O6S2/c25-9-11-1-3-21(31-11)23-13-5-17(27)19(29)7-15(13)24(22-4-2-12(10-26)32-22)16-8-20(30)18(28)6-14(16)23/h1-10,27-30H. The topological polar surface area (TPSA) is 115 Å². The quantitative estimate of drug-likeness (QED) is 0.150. The molecule has 2 heterocycles. The van der Waals surface area contributed by atoms with Gasteiger partial charge in [0.1, 0.15) is 0 Å². The third-order valence-corrected chi connectivity index (χ3v) is 7.34. The van der Waals surface area contributed by atoms with E-state index >= 15 is 0 Å². The average Bonchev–Trinajstić information content (AvgIpc) is 3.44. The van der Waals surface area contributed by atoms with E-state index in [1.54, 1.807) is 24.3 Å². The lowest BCUT2D eigenvalue weighted by molar-refractivity contribution is 0.111. The molecule has 0 bridgehead atoms. The van der Waals surface area contributed by atoms with Crippen LogP contribution in [0.1, 0.15) is 19.3 Å². The zero-order chi connectivity index (χ0) is 22.6. The fourth-order valence-corrected chi connectivity index (χ4v) is 5.70. The molecule has 0 atom stereocenters. The lowest BCUT2D eigenvalue weighted by Crippen LogP contribution is -1.89. The summed E-state index contributed by atoms with van der Waals surface area (Å²) >= 11 is 2.49. The maximum atomic E-state index is 11.3. The van der Waals surface area contributed by atoms with Gasteiger partial charge in [-0.1, -0.05) is 0 Å². The molecular formula is C24H14O6S2. The third-order valence-electron chi connectivity index (χ3n) is 5.29. The average molecular weight is 463 g/mol.